The molecule has 0 unspecified atom stereocenters. The zero-order chi connectivity index (χ0) is 21.8. The predicted molar refractivity (Wildman–Crippen MR) is 129 cm³/mol. The van der Waals surface area contributed by atoms with E-state index in [4.69, 9.17) is 34.8 Å². The third-order valence-electron chi connectivity index (χ3n) is 5.25. The number of thioether (sulfide) groups is 1. The Labute approximate surface area is 200 Å². The molecule has 1 aromatic carbocycles. The van der Waals surface area contributed by atoms with Crippen LogP contribution in [0.25, 0.3) is 0 Å². The van der Waals surface area contributed by atoms with E-state index in [1.165, 1.54) is 0 Å². The second kappa shape index (κ2) is 10.4. The Morgan fingerprint density at radius 2 is 1.97 bits per heavy atom. The first-order valence-corrected chi connectivity index (χ1v) is 12.4. The molecule has 1 atom stereocenters. The molecular formula is C20H23Cl3N6OS. The number of anilines is 2. The number of carbonyl (C=O) groups is 1. The largest absolute Gasteiger partial charge is 0.366 e. The van der Waals surface area contributed by atoms with Gasteiger partial charge < -0.3 is 20.4 Å². The Balaban J connectivity index is 1.36. The smallest absolute Gasteiger partial charge is 0.240 e. The van der Waals surface area contributed by atoms with Crippen LogP contribution in [0.15, 0.2) is 24.3 Å². The van der Waals surface area contributed by atoms with Crippen molar-refractivity contribution in [3.05, 3.63) is 45.0 Å². The van der Waals surface area contributed by atoms with Crippen molar-refractivity contribution in [1.29, 1.82) is 0 Å². The van der Waals surface area contributed by atoms with Gasteiger partial charge in [0.1, 0.15) is 11.0 Å². The second-order valence-electron chi connectivity index (χ2n) is 7.36. The summed E-state index contributed by atoms with van der Waals surface area (Å²) in [6, 6.07) is 6.98. The highest BCUT2D eigenvalue weighted by molar-refractivity contribution is 7.99. The van der Waals surface area contributed by atoms with Gasteiger partial charge in [-0.2, -0.15) is 16.7 Å². The van der Waals surface area contributed by atoms with Crippen molar-refractivity contribution in [2.75, 3.05) is 54.4 Å². The highest BCUT2D eigenvalue weighted by atomic mass is 35.5. The van der Waals surface area contributed by atoms with Gasteiger partial charge in [0.2, 0.25) is 11.9 Å². The molecule has 2 aliphatic heterocycles. The molecule has 0 saturated carbocycles. The minimum Gasteiger partial charge on any atom is -0.366 e. The molecule has 4 rings (SSSR count). The van der Waals surface area contributed by atoms with Crippen LogP contribution < -0.4 is 15.5 Å². The van der Waals surface area contributed by atoms with Gasteiger partial charge in [-0.05, 0) is 17.7 Å². The number of hydrogen-bond acceptors (Lipinski definition) is 7. The Morgan fingerprint density at radius 3 is 2.68 bits per heavy atom. The molecule has 1 amide bonds. The normalized spacial score (nSPS) is 19.4. The van der Waals surface area contributed by atoms with E-state index in [9.17, 15) is 4.79 Å². The van der Waals surface area contributed by atoms with Crippen molar-refractivity contribution >= 4 is 64.2 Å². The minimum absolute atomic E-state index is 0.0804. The van der Waals surface area contributed by atoms with Crippen LogP contribution in [0.1, 0.15) is 5.56 Å². The minimum atomic E-state index is -0.0804. The van der Waals surface area contributed by atoms with Crippen LogP contribution in [0.2, 0.25) is 15.2 Å². The standard InChI is InChI=1S/C20H23Cl3N6OS/c21-14-2-1-13(15(22)9-14)11-25-18-10-17(23)26-20(27-18)29-6-4-28(5-7-29)19(30)16-12-31-8-3-24-16/h1-2,9-10,16,24H,3-8,11-12H2,(H,25,26,27)/t16-/m0/s1. The molecule has 166 valence electrons. The maximum atomic E-state index is 12.7. The van der Waals surface area contributed by atoms with E-state index >= 15 is 0 Å². The zero-order valence-electron chi connectivity index (χ0n) is 16.8. The van der Waals surface area contributed by atoms with Crippen LogP contribution in [-0.4, -0.2) is 71.0 Å². The fourth-order valence-electron chi connectivity index (χ4n) is 3.56. The fourth-order valence-corrected chi connectivity index (χ4v) is 5.14. The molecule has 2 aliphatic rings. The molecule has 3 heterocycles. The molecule has 2 fully saturated rings. The van der Waals surface area contributed by atoms with Crippen LogP contribution in [0, 0.1) is 0 Å². The quantitative estimate of drug-likeness (QED) is 0.608. The van der Waals surface area contributed by atoms with Crippen LogP contribution in [-0.2, 0) is 11.3 Å². The van der Waals surface area contributed by atoms with E-state index < -0.39 is 0 Å². The van der Waals surface area contributed by atoms with Gasteiger partial charge in [0.05, 0.1) is 6.04 Å². The second-order valence-corrected chi connectivity index (χ2v) is 9.74. The van der Waals surface area contributed by atoms with Crippen molar-refractivity contribution in [3.63, 3.8) is 0 Å². The van der Waals surface area contributed by atoms with Crippen molar-refractivity contribution in [2.45, 2.75) is 12.6 Å². The number of nitrogens with one attached hydrogen (secondary N) is 2. The van der Waals surface area contributed by atoms with Gasteiger partial charge in [0.25, 0.3) is 0 Å². The van der Waals surface area contributed by atoms with Crippen LogP contribution in [0.5, 0.6) is 0 Å². The number of carbonyl (C=O) groups excluding carboxylic acids is 1. The first-order valence-electron chi connectivity index (χ1n) is 10.1. The van der Waals surface area contributed by atoms with E-state index in [-0.39, 0.29) is 11.9 Å². The summed E-state index contributed by atoms with van der Waals surface area (Å²) >= 11 is 20.3. The number of benzene rings is 1. The van der Waals surface area contributed by atoms with E-state index in [0.29, 0.717) is 59.7 Å². The molecule has 2 saturated heterocycles. The number of piperazine rings is 1. The summed E-state index contributed by atoms with van der Waals surface area (Å²) in [5.74, 6) is 3.24. The van der Waals surface area contributed by atoms with Gasteiger partial charge in [-0.25, -0.2) is 4.98 Å². The molecule has 31 heavy (non-hydrogen) atoms. The average Bonchev–Trinajstić information content (AvgIpc) is 2.78. The topological polar surface area (TPSA) is 73.4 Å². The molecule has 7 nitrogen and oxygen atoms in total. The summed E-state index contributed by atoms with van der Waals surface area (Å²) < 4.78 is 0. The highest BCUT2D eigenvalue weighted by Gasteiger charge is 2.29. The van der Waals surface area contributed by atoms with Gasteiger partial charge >= 0.3 is 0 Å². The van der Waals surface area contributed by atoms with E-state index in [1.807, 2.05) is 22.7 Å². The first kappa shape index (κ1) is 22.7. The molecule has 1 aromatic heterocycles. The van der Waals surface area contributed by atoms with Gasteiger partial charge in [0.15, 0.2) is 0 Å². The fraction of sp³-hybridized carbons (Fsp3) is 0.450. The third-order valence-corrected chi connectivity index (χ3v) is 7.09. The molecule has 2 aromatic rings. The Morgan fingerprint density at radius 1 is 1.16 bits per heavy atom. The van der Waals surface area contributed by atoms with Crippen LogP contribution in [0.3, 0.4) is 0 Å². The zero-order valence-corrected chi connectivity index (χ0v) is 19.9. The lowest BCUT2D eigenvalue weighted by Gasteiger charge is -2.37. The number of halogens is 3. The Kier molecular flexibility index (Phi) is 7.66. The number of aromatic nitrogens is 2. The first-order chi connectivity index (χ1) is 15.0. The van der Waals surface area contributed by atoms with Crippen molar-refractivity contribution in [3.8, 4) is 0 Å². The summed E-state index contributed by atoms with van der Waals surface area (Å²) in [6.45, 7) is 3.97. The number of rotatable bonds is 5. The van der Waals surface area contributed by atoms with Crippen molar-refractivity contribution in [2.24, 2.45) is 0 Å². The molecule has 0 bridgehead atoms. The lowest BCUT2D eigenvalue weighted by Crippen LogP contribution is -2.56. The maximum absolute atomic E-state index is 12.7. The van der Waals surface area contributed by atoms with Crippen LogP contribution in [0.4, 0.5) is 11.8 Å². The molecule has 11 heteroatoms. The lowest BCUT2D eigenvalue weighted by atomic mass is 10.2. The number of hydrogen-bond donors (Lipinski definition) is 2. The van der Waals surface area contributed by atoms with Gasteiger partial charge in [0, 0.05) is 66.9 Å². The molecule has 0 spiro atoms. The van der Waals surface area contributed by atoms with E-state index in [2.05, 4.69) is 25.5 Å². The third kappa shape index (κ3) is 5.87. The summed E-state index contributed by atoms with van der Waals surface area (Å²) in [4.78, 5) is 25.7. The molecular weight excluding hydrogens is 479 g/mol. The van der Waals surface area contributed by atoms with Gasteiger partial charge in [-0.1, -0.05) is 40.9 Å². The summed E-state index contributed by atoms with van der Waals surface area (Å²) in [6.07, 6.45) is 0. The van der Waals surface area contributed by atoms with Gasteiger partial charge in [-0.3, -0.25) is 4.79 Å². The van der Waals surface area contributed by atoms with E-state index in [0.717, 1.165) is 23.6 Å². The Bertz CT molecular complexity index is 935. The molecule has 0 radical (unpaired) electrons. The maximum Gasteiger partial charge on any atom is 0.240 e. The Hall–Kier alpha value is -1.45. The lowest BCUT2D eigenvalue weighted by molar-refractivity contribution is -0.133. The van der Waals surface area contributed by atoms with E-state index in [1.54, 1.807) is 18.2 Å². The molecule has 2 N–H and O–H groups in total. The van der Waals surface area contributed by atoms with Crippen molar-refractivity contribution in [1.82, 2.24) is 20.2 Å². The summed E-state index contributed by atoms with van der Waals surface area (Å²) in [7, 11) is 0. The van der Waals surface area contributed by atoms with Gasteiger partial charge in [-0.15, -0.1) is 0 Å². The van der Waals surface area contributed by atoms with Crippen molar-refractivity contribution < 1.29 is 4.79 Å². The monoisotopic (exact) mass is 500 g/mol. The summed E-state index contributed by atoms with van der Waals surface area (Å²) in [5.41, 5.74) is 0.906. The SMILES string of the molecule is O=C([C@@H]1CSCCN1)N1CCN(c2nc(Cl)cc(NCc3ccc(Cl)cc3Cl)n2)CC1. The molecule has 0 aliphatic carbocycles. The predicted octanol–water partition coefficient (Wildman–Crippen LogP) is 3.40. The average molecular weight is 502 g/mol. The number of nitrogens with zero attached hydrogens (tertiary/aromatic N) is 4. The summed E-state index contributed by atoms with van der Waals surface area (Å²) in [5, 5.41) is 8.10. The van der Waals surface area contributed by atoms with Crippen LogP contribution >= 0.6 is 46.6 Å². The number of amides is 1. The highest BCUT2D eigenvalue weighted by Crippen LogP contribution is 2.23.